The maximum atomic E-state index is 12.5. The Bertz CT molecular complexity index is 682. The molecule has 2 amide bonds. The normalized spacial score (nSPS) is 23.4. The number of aliphatic imine (C=N–C) groups is 2. The molecule has 2 atom stereocenters. The monoisotopic (exact) mass is 393 g/mol. The molecule has 3 aliphatic rings. The minimum Gasteiger partial charge on any atom is -0.355 e. The van der Waals surface area contributed by atoms with Crippen LogP contribution in [0, 0.1) is 11.8 Å². The summed E-state index contributed by atoms with van der Waals surface area (Å²) in [4.78, 5) is 34.9. The van der Waals surface area contributed by atoms with Gasteiger partial charge in [0.25, 0.3) is 5.91 Å². The summed E-state index contributed by atoms with van der Waals surface area (Å²) in [5.41, 5.74) is 1.26. The van der Waals surface area contributed by atoms with Crippen molar-refractivity contribution in [2.45, 2.75) is 58.1 Å². The van der Waals surface area contributed by atoms with Gasteiger partial charge in [0.15, 0.2) is 0 Å². The first-order valence-corrected chi connectivity index (χ1v) is 11.3. The topological polar surface area (TPSA) is 70.9 Å². The van der Waals surface area contributed by atoms with E-state index in [0.29, 0.717) is 24.1 Å². The highest BCUT2D eigenvalue weighted by Crippen LogP contribution is 2.47. The fourth-order valence-electron chi connectivity index (χ4n) is 3.31. The average molecular weight is 394 g/mol. The third-order valence-corrected chi connectivity index (χ3v) is 7.25. The molecule has 0 radical (unpaired) electrons. The number of amides is 2. The maximum absolute atomic E-state index is 12.5. The summed E-state index contributed by atoms with van der Waals surface area (Å²) in [6, 6.07) is 0. The summed E-state index contributed by atoms with van der Waals surface area (Å²) in [7, 11) is 0. The molecule has 0 saturated carbocycles. The van der Waals surface area contributed by atoms with Gasteiger partial charge in [-0.2, -0.15) is 4.99 Å². The van der Waals surface area contributed by atoms with Crippen molar-refractivity contribution in [3.05, 3.63) is 10.5 Å². The van der Waals surface area contributed by atoms with E-state index in [4.69, 9.17) is 0 Å². The second-order valence-electron chi connectivity index (χ2n) is 7.43. The van der Waals surface area contributed by atoms with Crippen LogP contribution in [0.15, 0.2) is 20.5 Å². The molecule has 26 heavy (non-hydrogen) atoms. The van der Waals surface area contributed by atoms with Crippen molar-refractivity contribution >= 4 is 46.2 Å². The number of thioether (sulfide) groups is 2. The van der Waals surface area contributed by atoms with Crippen LogP contribution in [-0.4, -0.2) is 40.2 Å². The quantitative estimate of drug-likeness (QED) is 0.714. The Morgan fingerprint density at radius 1 is 1.27 bits per heavy atom. The number of amidine groups is 1. The molecule has 7 heteroatoms. The molecule has 0 bridgehead atoms. The molecular weight excluding hydrogens is 366 g/mol. The van der Waals surface area contributed by atoms with E-state index in [-0.39, 0.29) is 23.0 Å². The van der Waals surface area contributed by atoms with Crippen molar-refractivity contribution in [3.8, 4) is 0 Å². The molecule has 0 fully saturated rings. The first-order chi connectivity index (χ1) is 12.5. The Morgan fingerprint density at radius 2 is 2.04 bits per heavy atom. The standard InChI is InChI=1S/C19H27N3O2S2/c1-11(2)8-9-20-17(23)12(3)25-10-15-21-18(24)16-13-6-4-5-7-14(13)26-19(16)22-15/h11-12,16H,4-10H2,1-3H3,(H,20,23). The van der Waals surface area contributed by atoms with Crippen molar-refractivity contribution in [1.82, 2.24) is 5.32 Å². The second-order valence-corrected chi connectivity index (χ2v) is 9.88. The van der Waals surface area contributed by atoms with Gasteiger partial charge in [0.05, 0.1) is 16.0 Å². The summed E-state index contributed by atoms with van der Waals surface area (Å²) >= 11 is 3.17. The van der Waals surface area contributed by atoms with Crippen LogP contribution in [0.1, 0.15) is 52.9 Å². The predicted octanol–water partition coefficient (Wildman–Crippen LogP) is 3.80. The third-order valence-electron chi connectivity index (χ3n) is 4.86. The molecule has 0 aromatic heterocycles. The number of rotatable bonds is 7. The number of carbonyl (C=O) groups excluding carboxylic acids is 2. The lowest BCUT2D eigenvalue weighted by Crippen LogP contribution is -2.33. The van der Waals surface area contributed by atoms with Crippen LogP contribution in [0.2, 0.25) is 0 Å². The van der Waals surface area contributed by atoms with E-state index in [1.807, 2.05) is 6.92 Å². The summed E-state index contributed by atoms with van der Waals surface area (Å²) in [6.45, 7) is 6.88. The van der Waals surface area contributed by atoms with Gasteiger partial charge in [0.2, 0.25) is 5.91 Å². The van der Waals surface area contributed by atoms with E-state index in [9.17, 15) is 9.59 Å². The number of carbonyl (C=O) groups is 2. The second kappa shape index (κ2) is 8.74. The Morgan fingerprint density at radius 3 is 2.81 bits per heavy atom. The predicted molar refractivity (Wildman–Crippen MR) is 111 cm³/mol. The zero-order valence-corrected chi connectivity index (χ0v) is 17.3. The van der Waals surface area contributed by atoms with Gasteiger partial charge in [0.1, 0.15) is 11.8 Å². The molecule has 142 valence electrons. The van der Waals surface area contributed by atoms with Gasteiger partial charge < -0.3 is 5.32 Å². The first-order valence-electron chi connectivity index (χ1n) is 9.44. The smallest absolute Gasteiger partial charge is 0.261 e. The highest BCUT2D eigenvalue weighted by Gasteiger charge is 2.40. The van der Waals surface area contributed by atoms with Crippen LogP contribution in [-0.2, 0) is 9.59 Å². The molecule has 1 N–H and O–H groups in total. The maximum Gasteiger partial charge on any atom is 0.261 e. The largest absolute Gasteiger partial charge is 0.355 e. The molecule has 2 aliphatic heterocycles. The van der Waals surface area contributed by atoms with Crippen LogP contribution in [0.5, 0.6) is 0 Å². The number of hydrogen-bond acceptors (Lipinski definition) is 5. The van der Waals surface area contributed by atoms with Crippen molar-refractivity contribution in [2.75, 3.05) is 12.3 Å². The number of hydrogen-bond donors (Lipinski definition) is 1. The van der Waals surface area contributed by atoms with E-state index in [2.05, 4.69) is 29.1 Å². The first kappa shape index (κ1) is 19.7. The zero-order chi connectivity index (χ0) is 18.7. The van der Waals surface area contributed by atoms with Gasteiger partial charge in [-0.1, -0.05) is 25.6 Å². The van der Waals surface area contributed by atoms with Gasteiger partial charge in [-0.05, 0) is 55.4 Å². The Balaban J connectivity index is 1.52. The van der Waals surface area contributed by atoms with E-state index < -0.39 is 0 Å². The highest BCUT2D eigenvalue weighted by atomic mass is 32.2. The highest BCUT2D eigenvalue weighted by molar-refractivity contribution is 8.17. The molecule has 5 nitrogen and oxygen atoms in total. The van der Waals surface area contributed by atoms with E-state index in [1.54, 1.807) is 11.8 Å². The fraction of sp³-hybridized carbons (Fsp3) is 0.684. The molecule has 2 unspecified atom stereocenters. The van der Waals surface area contributed by atoms with Crippen molar-refractivity contribution < 1.29 is 9.59 Å². The van der Waals surface area contributed by atoms with Crippen molar-refractivity contribution in [3.63, 3.8) is 0 Å². The minimum atomic E-state index is -0.208. The Hall–Kier alpha value is -1.08. The van der Waals surface area contributed by atoms with Gasteiger partial charge in [-0.25, -0.2) is 4.99 Å². The van der Waals surface area contributed by atoms with Crippen LogP contribution in [0.25, 0.3) is 0 Å². The SMILES string of the molecule is CC(C)CCNC(=O)C(C)SCC1=NC(=O)C2C(=N1)SC1=C2CCCC1. The van der Waals surface area contributed by atoms with Crippen LogP contribution in [0.3, 0.4) is 0 Å². The molecule has 1 aliphatic carbocycles. The Kier molecular flexibility index (Phi) is 6.61. The van der Waals surface area contributed by atoms with Crippen LogP contribution in [0.4, 0.5) is 0 Å². The van der Waals surface area contributed by atoms with E-state index in [0.717, 1.165) is 30.7 Å². The van der Waals surface area contributed by atoms with Crippen LogP contribution >= 0.6 is 23.5 Å². The molecule has 0 spiro atoms. The van der Waals surface area contributed by atoms with Gasteiger partial charge >= 0.3 is 0 Å². The summed E-state index contributed by atoms with van der Waals surface area (Å²) in [5, 5.41) is 3.69. The Labute approximate surface area is 164 Å². The number of fused-ring (bicyclic) bond motifs is 2. The zero-order valence-electron chi connectivity index (χ0n) is 15.7. The lowest BCUT2D eigenvalue weighted by Gasteiger charge is -2.18. The molecule has 2 heterocycles. The lowest BCUT2D eigenvalue weighted by molar-refractivity contribution is -0.120. The van der Waals surface area contributed by atoms with E-state index >= 15 is 0 Å². The summed E-state index contributed by atoms with van der Waals surface area (Å²) in [5.74, 6) is 1.39. The molecule has 0 aromatic carbocycles. The van der Waals surface area contributed by atoms with Gasteiger partial charge in [0, 0.05) is 6.54 Å². The summed E-state index contributed by atoms with van der Waals surface area (Å²) in [6.07, 6.45) is 5.42. The van der Waals surface area contributed by atoms with Crippen LogP contribution < -0.4 is 5.32 Å². The molecule has 0 saturated heterocycles. The van der Waals surface area contributed by atoms with Gasteiger partial charge in [-0.15, -0.1) is 11.8 Å². The van der Waals surface area contributed by atoms with Crippen molar-refractivity contribution in [2.24, 2.45) is 21.8 Å². The lowest BCUT2D eigenvalue weighted by atomic mass is 9.89. The van der Waals surface area contributed by atoms with Crippen molar-refractivity contribution in [1.29, 1.82) is 0 Å². The minimum absolute atomic E-state index is 0.0382. The third kappa shape index (κ3) is 4.60. The number of nitrogens with zero attached hydrogens (tertiary/aromatic N) is 2. The fourth-order valence-corrected chi connectivity index (χ4v) is 5.44. The number of allylic oxidation sites excluding steroid dienone is 1. The molecule has 0 aromatic rings. The molecular formula is C19H27N3O2S2. The van der Waals surface area contributed by atoms with E-state index in [1.165, 1.54) is 28.7 Å². The summed E-state index contributed by atoms with van der Waals surface area (Å²) < 4.78 is 0. The van der Waals surface area contributed by atoms with Gasteiger partial charge in [-0.3, -0.25) is 9.59 Å². The molecule has 3 rings (SSSR count). The number of nitrogens with one attached hydrogen (secondary N) is 1. The average Bonchev–Trinajstić information content (AvgIpc) is 2.98.